The molecule has 0 unspecified atom stereocenters. The first kappa shape index (κ1) is 13.4. The Kier molecular flexibility index (Phi) is 4.04. The van der Waals surface area contributed by atoms with E-state index in [1.807, 2.05) is 48.5 Å². The minimum Gasteiger partial charge on any atom is -0.461 e. The zero-order valence-electron chi connectivity index (χ0n) is 11.6. The molecule has 5 nitrogen and oxygen atoms in total. The fourth-order valence-corrected chi connectivity index (χ4v) is 2.10. The Hall–Kier alpha value is -2.04. The van der Waals surface area contributed by atoms with Crippen molar-refractivity contribution < 1.29 is 9.53 Å². The van der Waals surface area contributed by atoms with E-state index >= 15 is 0 Å². The number of imidazole rings is 1. The van der Waals surface area contributed by atoms with E-state index in [-0.39, 0.29) is 5.97 Å². The number of hydrogen-bond acceptors (Lipinski definition) is 3. The van der Waals surface area contributed by atoms with Gasteiger partial charge < -0.3 is 13.9 Å². The lowest BCUT2D eigenvalue weighted by Crippen LogP contribution is -2.15. The summed E-state index contributed by atoms with van der Waals surface area (Å²) in [4.78, 5) is 16.2. The predicted molar refractivity (Wildman–Crippen MR) is 72.0 cm³/mol. The minimum atomic E-state index is -0.259. The van der Waals surface area contributed by atoms with Crippen molar-refractivity contribution in [2.24, 2.45) is 7.05 Å². The summed E-state index contributed by atoms with van der Waals surface area (Å²) in [6, 6.07) is 1.94. The number of carbonyl (C=O) groups is 1. The van der Waals surface area contributed by atoms with Gasteiger partial charge in [-0.2, -0.15) is 0 Å². The van der Waals surface area contributed by atoms with Crippen molar-refractivity contribution in [2.75, 3.05) is 6.61 Å². The summed E-state index contributed by atoms with van der Waals surface area (Å²) in [5.74, 6) is 0.742. The Morgan fingerprint density at radius 2 is 2.21 bits per heavy atom. The predicted octanol–water partition coefficient (Wildman–Crippen LogP) is 1.95. The maximum atomic E-state index is 11.9. The average molecular weight is 261 g/mol. The molecule has 2 aromatic heterocycles. The van der Waals surface area contributed by atoms with Gasteiger partial charge in [0.25, 0.3) is 0 Å². The normalized spacial score (nSPS) is 10.7. The van der Waals surface area contributed by atoms with Gasteiger partial charge in [0.1, 0.15) is 11.5 Å². The second-order valence-electron chi connectivity index (χ2n) is 4.47. The Labute approximate surface area is 112 Å². The molecule has 0 aliphatic rings. The van der Waals surface area contributed by atoms with E-state index in [0.29, 0.717) is 18.8 Å². The number of esters is 1. The summed E-state index contributed by atoms with van der Waals surface area (Å²) in [6.45, 7) is 4.84. The highest BCUT2D eigenvalue weighted by atomic mass is 16.5. The van der Waals surface area contributed by atoms with Crippen molar-refractivity contribution in [2.45, 2.75) is 26.8 Å². The van der Waals surface area contributed by atoms with Crippen molar-refractivity contribution in [3.8, 4) is 0 Å². The van der Waals surface area contributed by atoms with Crippen LogP contribution in [-0.4, -0.2) is 26.7 Å². The van der Waals surface area contributed by atoms with Crippen molar-refractivity contribution in [3.05, 3.63) is 41.7 Å². The second kappa shape index (κ2) is 5.73. The molecule has 0 spiro atoms. The molecule has 0 saturated carbocycles. The van der Waals surface area contributed by atoms with Gasteiger partial charge in [-0.3, -0.25) is 0 Å². The largest absolute Gasteiger partial charge is 0.461 e. The van der Waals surface area contributed by atoms with Crippen LogP contribution in [0, 0.1) is 6.92 Å². The SMILES string of the molecule is CCOC(=O)c1c(C)ccn1CCc1nccn1C. The van der Waals surface area contributed by atoms with Gasteiger partial charge in [0, 0.05) is 38.6 Å². The van der Waals surface area contributed by atoms with E-state index in [1.54, 1.807) is 6.20 Å². The summed E-state index contributed by atoms with van der Waals surface area (Å²) in [6.07, 6.45) is 6.40. The molecule has 0 bridgehead atoms. The number of hydrogen-bond donors (Lipinski definition) is 0. The van der Waals surface area contributed by atoms with E-state index in [4.69, 9.17) is 4.74 Å². The first-order chi connectivity index (χ1) is 9.13. The number of aromatic nitrogens is 3. The topological polar surface area (TPSA) is 49.1 Å². The number of aryl methyl sites for hydroxylation is 4. The summed E-state index contributed by atoms with van der Waals surface area (Å²) in [5.41, 5.74) is 1.58. The van der Waals surface area contributed by atoms with Crippen molar-refractivity contribution in [3.63, 3.8) is 0 Å². The molecular weight excluding hydrogens is 242 g/mol. The lowest BCUT2D eigenvalue weighted by molar-refractivity contribution is 0.0513. The highest BCUT2D eigenvalue weighted by molar-refractivity contribution is 5.89. The maximum absolute atomic E-state index is 11.9. The molecule has 2 aromatic rings. The molecule has 0 amide bonds. The molecule has 102 valence electrons. The Bertz CT molecular complexity index is 569. The third-order valence-electron chi connectivity index (χ3n) is 3.13. The standard InChI is InChI=1S/C14H19N3O2/c1-4-19-14(18)13-11(2)5-8-17(13)9-6-12-15-7-10-16(12)3/h5,7-8,10H,4,6,9H2,1-3H3. The van der Waals surface area contributed by atoms with E-state index < -0.39 is 0 Å². The number of rotatable bonds is 5. The fraction of sp³-hybridized carbons (Fsp3) is 0.429. The quantitative estimate of drug-likeness (QED) is 0.773. The first-order valence-electron chi connectivity index (χ1n) is 6.42. The van der Waals surface area contributed by atoms with Crippen LogP contribution in [0.3, 0.4) is 0 Å². The van der Waals surface area contributed by atoms with Crippen LogP contribution < -0.4 is 0 Å². The van der Waals surface area contributed by atoms with Gasteiger partial charge in [0.05, 0.1) is 6.61 Å². The van der Waals surface area contributed by atoms with Gasteiger partial charge in [-0.15, -0.1) is 0 Å². The summed E-state index contributed by atoms with van der Waals surface area (Å²) < 4.78 is 9.01. The third kappa shape index (κ3) is 2.86. The first-order valence-corrected chi connectivity index (χ1v) is 6.42. The van der Waals surface area contributed by atoms with Crippen LogP contribution in [0.1, 0.15) is 28.8 Å². The zero-order chi connectivity index (χ0) is 13.8. The Morgan fingerprint density at radius 3 is 2.84 bits per heavy atom. The molecule has 0 aliphatic heterocycles. The highest BCUT2D eigenvalue weighted by Gasteiger charge is 2.15. The summed E-state index contributed by atoms with van der Waals surface area (Å²) in [7, 11) is 1.97. The molecule has 0 fully saturated rings. The number of nitrogens with zero attached hydrogens (tertiary/aromatic N) is 3. The van der Waals surface area contributed by atoms with E-state index in [2.05, 4.69) is 4.98 Å². The molecule has 0 N–H and O–H groups in total. The summed E-state index contributed by atoms with van der Waals surface area (Å²) in [5, 5.41) is 0. The minimum absolute atomic E-state index is 0.259. The van der Waals surface area contributed by atoms with Crippen LogP contribution in [0.4, 0.5) is 0 Å². The van der Waals surface area contributed by atoms with Gasteiger partial charge >= 0.3 is 5.97 Å². The Balaban J connectivity index is 2.13. The van der Waals surface area contributed by atoms with Gasteiger partial charge in [-0.05, 0) is 25.5 Å². The number of ether oxygens (including phenoxy) is 1. The molecule has 0 saturated heterocycles. The molecule has 2 rings (SSSR count). The lowest BCUT2D eigenvalue weighted by atomic mass is 10.2. The van der Waals surface area contributed by atoms with Crippen LogP contribution in [0.5, 0.6) is 0 Å². The van der Waals surface area contributed by atoms with Gasteiger partial charge in [-0.1, -0.05) is 0 Å². The lowest BCUT2D eigenvalue weighted by Gasteiger charge is -2.09. The van der Waals surface area contributed by atoms with Crippen LogP contribution in [0.15, 0.2) is 24.7 Å². The van der Waals surface area contributed by atoms with Gasteiger partial charge in [-0.25, -0.2) is 9.78 Å². The van der Waals surface area contributed by atoms with Crippen molar-refractivity contribution >= 4 is 5.97 Å². The molecular formula is C14H19N3O2. The van der Waals surface area contributed by atoms with Crippen LogP contribution in [0.25, 0.3) is 0 Å². The third-order valence-corrected chi connectivity index (χ3v) is 3.13. The molecule has 0 radical (unpaired) electrons. The summed E-state index contributed by atoms with van der Waals surface area (Å²) >= 11 is 0. The molecule has 5 heteroatoms. The maximum Gasteiger partial charge on any atom is 0.355 e. The fourth-order valence-electron chi connectivity index (χ4n) is 2.10. The molecule has 2 heterocycles. The van der Waals surface area contributed by atoms with Crippen LogP contribution >= 0.6 is 0 Å². The van der Waals surface area contributed by atoms with Gasteiger partial charge in [0.2, 0.25) is 0 Å². The van der Waals surface area contributed by atoms with Gasteiger partial charge in [0.15, 0.2) is 0 Å². The van der Waals surface area contributed by atoms with E-state index in [9.17, 15) is 4.79 Å². The smallest absolute Gasteiger partial charge is 0.355 e. The monoisotopic (exact) mass is 261 g/mol. The molecule has 0 aliphatic carbocycles. The average Bonchev–Trinajstić information content (AvgIpc) is 2.93. The van der Waals surface area contributed by atoms with Crippen LogP contribution in [-0.2, 0) is 24.8 Å². The van der Waals surface area contributed by atoms with Crippen molar-refractivity contribution in [1.82, 2.24) is 14.1 Å². The van der Waals surface area contributed by atoms with E-state index in [0.717, 1.165) is 17.8 Å². The zero-order valence-corrected chi connectivity index (χ0v) is 11.6. The highest BCUT2D eigenvalue weighted by Crippen LogP contribution is 2.12. The van der Waals surface area contributed by atoms with Crippen molar-refractivity contribution in [1.29, 1.82) is 0 Å². The second-order valence-corrected chi connectivity index (χ2v) is 4.47. The molecule has 19 heavy (non-hydrogen) atoms. The van der Waals surface area contributed by atoms with Crippen LogP contribution in [0.2, 0.25) is 0 Å². The molecule has 0 aromatic carbocycles. The Morgan fingerprint density at radius 1 is 1.42 bits per heavy atom. The number of carbonyl (C=O) groups excluding carboxylic acids is 1. The molecule has 0 atom stereocenters. The van der Waals surface area contributed by atoms with E-state index in [1.165, 1.54) is 0 Å².